The zero-order chi connectivity index (χ0) is 14.4. The second kappa shape index (κ2) is 7.43. The normalized spacial score (nSPS) is 19.2. The molecule has 5 nitrogen and oxygen atoms in total. The van der Waals surface area contributed by atoms with E-state index in [1.165, 1.54) is 25.1 Å². The number of likely N-dealkylation sites (tertiary alicyclic amines) is 1. The minimum Gasteiger partial charge on any atom is -0.370 e. The smallest absolute Gasteiger partial charge is 0.134 e. The van der Waals surface area contributed by atoms with Crippen LogP contribution in [0.4, 0.5) is 11.6 Å². The van der Waals surface area contributed by atoms with Crippen molar-refractivity contribution < 1.29 is 0 Å². The van der Waals surface area contributed by atoms with Gasteiger partial charge in [-0.05, 0) is 38.8 Å². The molecule has 0 saturated carbocycles. The molecule has 0 amide bonds. The van der Waals surface area contributed by atoms with Gasteiger partial charge in [0.2, 0.25) is 0 Å². The molecule has 0 radical (unpaired) electrons. The van der Waals surface area contributed by atoms with Crippen LogP contribution in [0.5, 0.6) is 0 Å². The van der Waals surface area contributed by atoms with Crippen LogP contribution < -0.4 is 10.6 Å². The highest BCUT2D eigenvalue weighted by Gasteiger charge is 2.19. The molecule has 2 N–H and O–H groups in total. The van der Waals surface area contributed by atoms with Gasteiger partial charge in [-0.1, -0.05) is 13.8 Å². The summed E-state index contributed by atoms with van der Waals surface area (Å²) in [6, 6.07) is 0. The third-order valence-corrected chi connectivity index (χ3v) is 3.89. The zero-order valence-electron chi connectivity index (χ0n) is 12.9. The van der Waals surface area contributed by atoms with Crippen molar-refractivity contribution in [2.75, 3.05) is 43.9 Å². The van der Waals surface area contributed by atoms with E-state index in [-0.39, 0.29) is 0 Å². The predicted molar refractivity (Wildman–Crippen MR) is 84.3 cm³/mol. The molecule has 2 rings (SSSR count). The van der Waals surface area contributed by atoms with Gasteiger partial charge in [-0.2, -0.15) is 0 Å². The van der Waals surface area contributed by atoms with E-state index >= 15 is 0 Å². The Kier molecular flexibility index (Phi) is 5.59. The van der Waals surface area contributed by atoms with Crippen molar-refractivity contribution in [1.29, 1.82) is 0 Å². The number of rotatable bonds is 7. The van der Waals surface area contributed by atoms with Gasteiger partial charge >= 0.3 is 0 Å². The SMILES string of the molecule is CCCNc1ncnc(NCC2CCN(C)C2)c1CC. The molecule has 0 spiro atoms. The highest BCUT2D eigenvalue weighted by Crippen LogP contribution is 2.22. The molecular formula is C15H27N5. The van der Waals surface area contributed by atoms with Crippen molar-refractivity contribution in [3.05, 3.63) is 11.9 Å². The second-order valence-electron chi connectivity index (χ2n) is 5.63. The summed E-state index contributed by atoms with van der Waals surface area (Å²) in [6.45, 7) is 8.67. The standard InChI is InChI=1S/C15H27N5/c1-4-7-16-14-13(5-2)15(19-11-18-14)17-9-12-6-8-20(3)10-12/h11-12H,4-10H2,1-3H3,(H2,16,17,18,19). The minimum absolute atomic E-state index is 0.728. The molecular weight excluding hydrogens is 250 g/mol. The Morgan fingerprint density at radius 1 is 1.25 bits per heavy atom. The van der Waals surface area contributed by atoms with Gasteiger partial charge in [-0.15, -0.1) is 0 Å². The van der Waals surface area contributed by atoms with Crippen molar-refractivity contribution >= 4 is 11.6 Å². The second-order valence-corrected chi connectivity index (χ2v) is 5.63. The van der Waals surface area contributed by atoms with Crippen LogP contribution in [0, 0.1) is 5.92 Å². The molecule has 20 heavy (non-hydrogen) atoms. The molecule has 1 saturated heterocycles. The lowest BCUT2D eigenvalue weighted by molar-refractivity contribution is 0.399. The molecule has 1 atom stereocenters. The highest BCUT2D eigenvalue weighted by molar-refractivity contribution is 5.57. The van der Waals surface area contributed by atoms with Gasteiger partial charge < -0.3 is 15.5 Å². The molecule has 0 bridgehead atoms. The first-order valence-corrected chi connectivity index (χ1v) is 7.74. The monoisotopic (exact) mass is 277 g/mol. The third-order valence-electron chi connectivity index (χ3n) is 3.89. The van der Waals surface area contributed by atoms with Crippen molar-refractivity contribution in [3.8, 4) is 0 Å². The summed E-state index contributed by atoms with van der Waals surface area (Å²) in [7, 11) is 2.19. The number of anilines is 2. The first kappa shape index (κ1) is 15.0. The van der Waals surface area contributed by atoms with Crippen LogP contribution in [0.1, 0.15) is 32.3 Å². The Morgan fingerprint density at radius 3 is 2.60 bits per heavy atom. The van der Waals surface area contributed by atoms with Crippen molar-refractivity contribution in [3.63, 3.8) is 0 Å². The van der Waals surface area contributed by atoms with E-state index in [9.17, 15) is 0 Å². The van der Waals surface area contributed by atoms with E-state index in [0.717, 1.165) is 43.5 Å². The fraction of sp³-hybridized carbons (Fsp3) is 0.733. The van der Waals surface area contributed by atoms with Crippen molar-refractivity contribution in [1.82, 2.24) is 14.9 Å². The summed E-state index contributed by atoms with van der Waals surface area (Å²) in [4.78, 5) is 11.2. The maximum atomic E-state index is 4.42. The van der Waals surface area contributed by atoms with Gasteiger partial charge in [-0.3, -0.25) is 0 Å². The van der Waals surface area contributed by atoms with E-state index in [2.05, 4.69) is 46.4 Å². The summed E-state index contributed by atoms with van der Waals surface area (Å²) >= 11 is 0. The van der Waals surface area contributed by atoms with Gasteiger partial charge in [0.05, 0.1) is 0 Å². The topological polar surface area (TPSA) is 53.1 Å². The first-order valence-electron chi connectivity index (χ1n) is 7.74. The predicted octanol–water partition coefficient (Wildman–Crippen LogP) is 2.22. The molecule has 1 unspecified atom stereocenters. The summed E-state index contributed by atoms with van der Waals surface area (Å²) in [5, 5.41) is 6.92. The Hall–Kier alpha value is -1.36. The molecule has 5 heteroatoms. The molecule has 1 fully saturated rings. The van der Waals surface area contributed by atoms with Crippen LogP contribution in [0.2, 0.25) is 0 Å². The van der Waals surface area contributed by atoms with E-state index in [1.54, 1.807) is 6.33 Å². The number of hydrogen-bond donors (Lipinski definition) is 2. The third kappa shape index (κ3) is 3.82. The summed E-state index contributed by atoms with van der Waals surface area (Å²) in [5.41, 5.74) is 1.20. The average Bonchev–Trinajstić information content (AvgIpc) is 2.88. The Morgan fingerprint density at radius 2 is 2.00 bits per heavy atom. The van der Waals surface area contributed by atoms with Crippen LogP contribution in [0.15, 0.2) is 6.33 Å². The lowest BCUT2D eigenvalue weighted by Gasteiger charge is -2.16. The number of nitrogens with zero attached hydrogens (tertiary/aromatic N) is 3. The van der Waals surface area contributed by atoms with E-state index in [0.29, 0.717) is 0 Å². The number of aromatic nitrogens is 2. The molecule has 2 heterocycles. The molecule has 1 aliphatic rings. The van der Waals surface area contributed by atoms with Crippen LogP contribution in [-0.2, 0) is 6.42 Å². The molecule has 1 aliphatic heterocycles. The van der Waals surface area contributed by atoms with Gasteiger partial charge in [0, 0.05) is 25.2 Å². The summed E-state index contributed by atoms with van der Waals surface area (Å²) < 4.78 is 0. The van der Waals surface area contributed by atoms with E-state index in [1.807, 2.05) is 0 Å². The lowest BCUT2D eigenvalue weighted by atomic mass is 10.1. The Bertz CT molecular complexity index is 421. The minimum atomic E-state index is 0.728. The van der Waals surface area contributed by atoms with E-state index in [4.69, 9.17) is 0 Å². The quantitative estimate of drug-likeness (QED) is 0.800. The van der Waals surface area contributed by atoms with E-state index < -0.39 is 0 Å². The zero-order valence-corrected chi connectivity index (χ0v) is 12.9. The molecule has 0 aromatic carbocycles. The Labute approximate surface area is 122 Å². The molecule has 112 valence electrons. The van der Waals surface area contributed by atoms with Gasteiger partial charge in [-0.25, -0.2) is 9.97 Å². The lowest BCUT2D eigenvalue weighted by Crippen LogP contribution is -2.20. The van der Waals surface area contributed by atoms with Crippen molar-refractivity contribution in [2.45, 2.75) is 33.1 Å². The summed E-state index contributed by atoms with van der Waals surface area (Å²) in [5.74, 6) is 2.71. The highest BCUT2D eigenvalue weighted by atomic mass is 15.1. The van der Waals surface area contributed by atoms with Crippen LogP contribution >= 0.6 is 0 Å². The molecule has 1 aromatic heterocycles. The van der Waals surface area contributed by atoms with Crippen molar-refractivity contribution in [2.24, 2.45) is 5.92 Å². The molecule has 1 aromatic rings. The fourth-order valence-electron chi connectivity index (χ4n) is 2.73. The first-order chi connectivity index (χ1) is 9.74. The van der Waals surface area contributed by atoms with Gasteiger partial charge in [0.1, 0.15) is 18.0 Å². The van der Waals surface area contributed by atoms with Gasteiger partial charge in [0.15, 0.2) is 0 Å². The number of nitrogens with one attached hydrogen (secondary N) is 2. The Balaban J connectivity index is 1.99. The van der Waals surface area contributed by atoms with Gasteiger partial charge in [0.25, 0.3) is 0 Å². The van der Waals surface area contributed by atoms with Crippen LogP contribution in [-0.4, -0.2) is 48.1 Å². The number of hydrogen-bond acceptors (Lipinski definition) is 5. The molecule has 0 aliphatic carbocycles. The maximum absolute atomic E-state index is 4.42. The van der Waals surface area contributed by atoms with Crippen LogP contribution in [0.3, 0.4) is 0 Å². The largest absolute Gasteiger partial charge is 0.370 e. The maximum Gasteiger partial charge on any atom is 0.134 e. The van der Waals surface area contributed by atoms with Crippen LogP contribution in [0.25, 0.3) is 0 Å². The fourth-order valence-corrected chi connectivity index (χ4v) is 2.73. The average molecular weight is 277 g/mol. The summed E-state index contributed by atoms with van der Waals surface area (Å²) in [6.07, 6.45) is 4.97.